The van der Waals surface area contributed by atoms with E-state index in [4.69, 9.17) is 21.1 Å². The average Bonchev–Trinajstić information content (AvgIpc) is 3.17. The lowest BCUT2D eigenvalue weighted by molar-refractivity contribution is -0.138. The molecule has 2 aliphatic heterocycles. The molecule has 3 aliphatic rings. The summed E-state index contributed by atoms with van der Waals surface area (Å²) in [6.07, 6.45) is 5.56. The normalized spacial score (nSPS) is 20.3. The quantitative estimate of drug-likeness (QED) is 0.794. The van der Waals surface area contributed by atoms with Crippen molar-refractivity contribution >= 4 is 23.4 Å². The summed E-state index contributed by atoms with van der Waals surface area (Å²) in [5.41, 5.74) is 0.492. The molecule has 2 amide bonds. The minimum Gasteiger partial charge on any atom is -0.454 e. The summed E-state index contributed by atoms with van der Waals surface area (Å²) in [7, 11) is 0. The molecule has 1 aromatic rings. The number of piperazine rings is 1. The van der Waals surface area contributed by atoms with Crippen molar-refractivity contribution in [2.24, 2.45) is 5.92 Å². The molecule has 4 rings (SSSR count). The predicted molar refractivity (Wildman–Crippen MR) is 96.6 cm³/mol. The summed E-state index contributed by atoms with van der Waals surface area (Å²) in [6, 6.07) is 3.30. The maximum Gasteiger partial charge on any atom is 0.254 e. The molecule has 1 aromatic carbocycles. The monoisotopic (exact) mass is 378 g/mol. The highest BCUT2D eigenvalue weighted by Gasteiger charge is 2.30. The van der Waals surface area contributed by atoms with E-state index in [-0.39, 0.29) is 24.5 Å². The van der Waals surface area contributed by atoms with E-state index >= 15 is 0 Å². The zero-order chi connectivity index (χ0) is 18.1. The molecule has 2 fully saturated rings. The Bertz CT molecular complexity index is 710. The third kappa shape index (κ3) is 3.34. The highest BCUT2D eigenvalue weighted by Crippen LogP contribution is 2.40. The summed E-state index contributed by atoms with van der Waals surface area (Å²) < 4.78 is 10.6. The number of nitrogens with zero attached hydrogens (tertiary/aromatic N) is 2. The molecule has 0 unspecified atom stereocenters. The fraction of sp³-hybridized carbons (Fsp3) is 0.579. The van der Waals surface area contributed by atoms with Crippen molar-refractivity contribution in [3.05, 3.63) is 22.7 Å². The first-order valence-corrected chi connectivity index (χ1v) is 9.68. The first kappa shape index (κ1) is 17.5. The van der Waals surface area contributed by atoms with Gasteiger partial charge in [-0.25, -0.2) is 0 Å². The molecule has 0 N–H and O–H groups in total. The second-order valence-corrected chi connectivity index (χ2v) is 7.55. The molecular formula is C19H23ClN2O4. The molecule has 6 nitrogen and oxygen atoms in total. The number of carbonyl (C=O) groups is 2. The number of fused-ring (bicyclic) bond motifs is 1. The molecule has 0 spiro atoms. The smallest absolute Gasteiger partial charge is 0.254 e. The van der Waals surface area contributed by atoms with Crippen LogP contribution in [0.25, 0.3) is 0 Å². The van der Waals surface area contributed by atoms with Gasteiger partial charge in [0.1, 0.15) is 0 Å². The van der Waals surface area contributed by atoms with Crippen LogP contribution in [-0.4, -0.2) is 54.6 Å². The lowest BCUT2D eigenvalue weighted by Gasteiger charge is -2.37. The fourth-order valence-corrected chi connectivity index (χ4v) is 4.28. The van der Waals surface area contributed by atoms with Crippen molar-refractivity contribution in [2.75, 3.05) is 33.0 Å². The molecule has 0 bridgehead atoms. The number of ether oxygens (including phenoxy) is 2. The van der Waals surface area contributed by atoms with Crippen molar-refractivity contribution in [3.8, 4) is 11.5 Å². The SMILES string of the molecule is O=C(c1cc(Cl)c2c(c1)OCO2)N1CCN(C(=O)C2CCCCC2)CC1. The minimum absolute atomic E-state index is 0.0880. The van der Waals surface area contributed by atoms with Crippen molar-refractivity contribution in [1.82, 2.24) is 9.80 Å². The van der Waals surface area contributed by atoms with Gasteiger partial charge in [0, 0.05) is 37.7 Å². The van der Waals surface area contributed by atoms with E-state index in [0.29, 0.717) is 48.3 Å². The Morgan fingerprint density at radius 3 is 2.38 bits per heavy atom. The predicted octanol–water partition coefficient (Wildman–Crippen LogP) is 2.93. The number of halogens is 1. The highest BCUT2D eigenvalue weighted by atomic mass is 35.5. The Kier molecular flexibility index (Phi) is 4.94. The topological polar surface area (TPSA) is 59.1 Å². The molecule has 0 aromatic heterocycles. The van der Waals surface area contributed by atoms with Crippen LogP contribution in [0.4, 0.5) is 0 Å². The zero-order valence-electron chi connectivity index (χ0n) is 14.7. The molecule has 26 heavy (non-hydrogen) atoms. The number of benzene rings is 1. The van der Waals surface area contributed by atoms with Crippen molar-refractivity contribution in [1.29, 1.82) is 0 Å². The first-order chi connectivity index (χ1) is 12.6. The largest absolute Gasteiger partial charge is 0.454 e. The number of hydrogen-bond acceptors (Lipinski definition) is 4. The van der Waals surface area contributed by atoms with E-state index in [1.165, 1.54) is 6.42 Å². The van der Waals surface area contributed by atoms with E-state index in [9.17, 15) is 9.59 Å². The first-order valence-electron chi connectivity index (χ1n) is 9.30. The summed E-state index contributed by atoms with van der Waals surface area (Å²) in [5.74, 6) is 1.36. The minimum atomic E-state index is -0.0880. The maximum absolute atomic E-state index is 12.8. The van der Waals surface area contributed by atoms with E-state index in [0.717, 1.165) is 25.7 Å². The maximum atomic E-state index is 12.8. The van der Waals surface area contributed by atoms with Crippen LogP contribution in [0.5, 0.6) is 11.5 Å². The second kappa shape index (κ2) is 7.35. The van der Waals surface area contributed by atoms with Gasteiger partial charge in [0.05, 0.1) is 5.02 Å². The molecule has 1 saturated heterocycles. The van der Waals surface area contributed by atoms with Gasteiger partial charge >= 0.3 is 0 Å². The van der Waals surface area contributed by atoms with Gasteiger partial charge in [0.25, 0.3) is 5.91 Å². The van der Waals surface area contributed by atoms with Crippen LogP contribution in [0.15, 0.2) is 12.1 Å². The van der Waals surface area contributed by atoms with E-state index in [1.807, 2.05) is 4.90 Å². The van der Waals surface area contributed by atoms with E-state index in [1.54, 1.807) is 17.0 Å². The molecule has 7 heteroatoms. The lowest BCUT2D eigenvalue weighted by atomic mass is 9.88. The Morgan fingerprint density at radius 1 is 0.962 bits per heavy atom. The lowest BCUT2D eigenvalue weighted by Crippen LogP contribution is -2.52. The van der Waals surface area contributed by atoms with Gasteiger partial charge in [0.2, 0.25) is 12.7 Å². The molecule has 0 atom stereocenters. The number of rotatable bonds is 2. The van der Waals surface area contributed by atoms with Crippen LogP contribution in [0.2, 0.25) is 5.02 Å². The molecular weight excluding hydrogens is 356 g/mol. The summed E-state index contributed by atoms with van der Waals surface area (Å²) in [5, 5.41) is 0.384. The van der Waals surface area contributed by atoms with Gasteiger partial charge in [0.15, 0.2) is 11.5 Å². The van der Waals surface area contributed by atoms with Crippen molar-refractivity contribution in [3.63, 3.8) is 0 Å². The summed E-state index contributed by atoms with van der Waals surface area (Å²) in [4.78, 5) is 29.1. The zero-order valence-corrected chi connectivity index (χ0v) is 15.5. The summed E-state index contributed by atoms with van der Waals surface area (Å²) in [6.45, 7) is 2.40. The average molecular weight is 379 g/mol. The van der Waals surface area contributed by atoms with Crippen molar-refractivity contribution in [2.45, 2.75) is 32.1 Å². The highest BCUT2D eigenvalue weighted by molar-refractivity contribution is 6.32. The fourth-order valence-electron chi connectivity index (χ4n) is 4.01. The van der Waals surface area contributed by atoms with E-state index < -0.39 is 0 Å². The van der Waals surface area contributed by atoms with E-state index in [2.05, 4.69) is 0 Å². The van der Waals surface area contributed by atoms with Crippen LogP contribution >= 0.6 is 11.6 Å². The molecule has 1 saturated carbocycles. The van der Waals surface area contributed by atoms with Gasteiger partial charge in [-0.3, -0.25) is 9.59 Å². The van der Waals surface area contributed by atoms with Crippen LogP contribution in [-0.2, 0) is 4.79 Å². The van der Waals surface area contributed by atoms with Gasteiger partial charge in [-0.1, -0.05) is 30.9 Å². The standard InChI is InChI=1S/C19H23ClN2O4/c20-15-10-14(11-16-17(15)26-12-25-16)19(24)22-8-6-21(7-9-22)18(23)13-4-2-1-3-5-13/h10-11,13H,1-9,12H2. The van der Waals surface area contributed by atoms with Gasteiger partial charge < -0.3 is 19.3 Å². The molecule has 1 aliphatic carbocycles. The third-order valence-corrected chi connectivity index (χ3v) is 5.79. The van der Waals surface area contributed by atoms with Gasteiger partial charge in [-0.15, -0.1) is 0 Å². The summed E-state index contributed by atoms with van der Waals surface area (Å²) >= 11 is 6.18. The van der Waals surface area contributed by atoms with Gasteiger partial charge in [-0.05, 0) is 25.0 Å². The second-order valence-electron chi connectivity index (χ2n) is 7.14. The molecule has 2 heterocycles. The van der Waals surface area contributed by atoms with Crippen LogP contribution in [0.3, 0.4) is 0 Å². The Hall–Kier alpha value is -1.95. The Morgan fingerprint density at radius 2 is 1.65 bits per heavy atom. The molecule has 140 valence electrons. The Balaban J connectivity index is 1.38. The van der Waals surface area contributed by atoms with Crippen molar-refractivity contribution < 1.29 is 19.1 Å². The van der Waals surface area contributed by atoms with Crippen LogP contribution < -0.4 is 9.47 Å². The third-order valence-electron chi connectivity index (χ3n) is 5.51. The number of amides is 2. The number of carbonyl (C=O) groups excluding carboxylic acids is 2. The Labute approximate surface area is 158 Å². The van der Waals surface area contributed by atoms with Crippen LogP contribution in [0.1, 0.15) is 42.5 Å². The van der Waals surface area contributed by atoms with Gasteiger partial charge in [-0.2, -0.15) is 0 Å². The molecule has 0 radical (unpaired) electrons. The number of hydrogen-bond donors (Lipinski definition) is 0. The van der Waals surface area contributed by atoms with Crippen LogP contribution in [0, 0.1) is 5.92 Å².